The van der Waals surface area contributed by atoms with Gasteiger partial charge in [0.15, 0.2) is 5.82 Å². The van der Waals surface area contributed by atoms with Crippen molar-refractivity contribution in [3.05, 3.63) is 72.2 Å². The Morgan fingerprint density at radius 1 is 1.14 bits per heavy atom. The van der Waals surface area contributed by atoms with E-state index in [0.717, 1.165) is 36.8 Å². The van der Waals surface area contributed by atoms with E-state index in [1.807, 2.05) is 24.8 Å². The first-order valence-electron chi connectivity index (χ1n) is 10.8. The summed E-state index contributed by atoms with van der Waals surface area (Å²) in [5.41, 5.74) is 2.54. The van der Waals surface area contributed by atoms with E-state index in [2.05, 4.69) is 63.6 Å². The van der Waals surface area contributed by atoms with Crippen LogP contribution >= 0.6 is 0 Å². The molecule has 0 N–H and O–H groups in total. The van der Waals surface area contributed by atoms with Crippen molar-refractivity contribution >= 4 is 0 Å². The lowest BCUT2D eigenvalue weighted by Crippen LogP contribution is -2.35. The number of likely N-dealkylation sites (tertiary alicyclic amines) is 1. The predicted molar refractivity (Wildman–Crippen MR) is 116 cm³/mol. The third-order valence-electron chi connectivity index (χ3n) is 5.78. The van der Waals surface area contributed by atoms with Crippen LogP contribution in [0.1, 0.15) is 62.0 Å². The van der Waals surface area contributed by atoms with Crippen LogP contribution in [0.25, 0.3) is 5.82 Å². The third kappa shape index (κ3) is 4.91. The van der Waals surface area contributed by atoms with Crippen LogP contribution in [0.3, 0.4) is 0 Å². The highest BCUT2D eigenvalue weighted by Crippen LogP contribution is 2.26. The first-order valence-corrected chi connectivity index (χ1v) is 10.8. The van der Waals surface area contributed by atoms with Crippen molar-refractivity contribution in [2.24, 2.45) is 0 Å². The summed E-state index contributed by atoms with van der Waals surface area (Å²) in [6.07, 6.45) is 12.4. The van der Waals surface area contributed by atoms with Crippen molar-refractivity contribution < 1.29 is 0 Å². The number of aryl methyl sites for hydroxylation is 1. The van der Waals surface area contributed by atoms with E-state index < -0.39 is 0 Å². The molecule has 1 aliphatic rings. The van der Waals surface area contributed by atoms with Gasteiger partial charge in [-0.05, 0) is 44.3 Å². The maximum Gasteiger partial charge on any atom is 0.156 e. The van der Waals surface area contributed by atoms with E-state index in [1.54, 1.807) is 0 Å². The van der Waals surface area contributed by atoms with Crippen molar-refractivity contribution in [1.29, 1.82) is 0 Å². The number of nitrogens with zero attached hydrogens (tertiary/aromatic N) is 5. The molecule has 0 radical (unpaired) electrons. The molecule has 2 aromatic heterocycles. The molecule has 1 fully saturated rings. The largest absolute Gasteiger partial charge is 0.303 e. The fourth-order valence-corrected chi connectivity index (χ4v) is 4.27. The molecule has 1 atom stereocenters. The standard InChI is InChI=1S/C24H31N5/c1-19(2)24-26-12-15-29(24)23-17-25-16-22(27-23)21-11-7-14-28(18-21)13-6-10-20-8-4-3-5-9-20/h3-5,8-9,12,15-17,19,21H,6-7,10-11,13-14,18H2,1-2H3/t21-/m1/s1. The third-order valence-corrected chi connectivity index (χ3v) is 5.78. The highest BCUT2D eigenvalue weighted by atomic mass is 15.2. The lowest BCUT2D eigenvalue weighted by Gasteiger charge is -2.32. The van der Waals surface area contributed by atoms with Crippen molar-refractivity contribution in [2.75, 3.05) is 19.6 Å². The minimum absolute atomic E-state index is 0.352. The number of piperidine rings is 1. The number of imidazole rings is 1. The highest BCUT2D eigenvalue weighted by Gasteiger charge is 2.23. The quantitative estimate of drug-likeness (QED) is 0.593. The van der Waals surface area contributed by atoms with Gasteiger partial charge in [-0.1, -0.05) is 44.2 Å². The van der Waals surface area contributed by atoms with Crippen molar-refractivity contribution in [3.63, 3.8) is 0 Å². The summed E-state index contributed by atoms with van der Waals surface area (Å²) in [6, 6.07) is 10.8. The molecule has 3 aromatic rings. The summed E-state index contributed by atoms with van der Waals surface area (Å²) in [4.78, 5) is 16.6. The monoisotopic (exact) mass is 389 g/mol. The molecule has 0 aliphatic carbocycles. The predicted octanol–water partition coefficient (Wildman–Crippen LogP) is 4.60. The Morgan fingerprint density at radius 2 is 2.00 bits per heavy atom. The van der Waals surface area contributed by atoms with Gasteiger partial charge in [-0.15, -0.1) is 0 Å². The molecule has 1 aromatic carbocycles. The molecule has 0 unspecified atom stereocenters. The second-order valence-corrected chi connectivity index (χ2v) is 8.34. The van der Waals surface area contributed by atoms with E-state index in [1.165, 1.54) is 31.4 Å². The van der Waals surface area contributed by atoms with E-state index >= 15 is 0 Å². The van der Waals surface area contributed by atoms with Gasteiger partial charge in [0.25, 0.3) is 0 Å². The van der Waals surface area contributed by atoms with Crippen LogP contribution in [0.5, 0.6) is 0 Å². The molecule has 0 amide bonds. The summed E-state index contributed by atoms with van der Waals surface area (Å²) in [6.45, 7) is 7.73. The molecule has 5 nitrogen and oxygen atoms in total. The fourth-order valence-electron chi connectivity index (χ4n) is 4.27. The van der Waals surface area contributed by atoms with Crippen LogP contribution in [0.4, 0.5) is 0 Å². The summed E-state index contributed by atoms with van der Waals surface area (Å²) in [5.74, 6) is 2.72. The normalized spacial score (nSPS) is 17.7. The van der Waals surface area contributed by atoms with Crippen LogP contribution in [0.2, 0.25) is 0 Å². The van der Waals surface area contributed by atoms with Gasteiger partial charge in [-0.3, -0.25) is 9.55 Å². The topological polar surface area (TPSA) is 46.8 Å². The minimum atomic E-state index is 0.352. The molecule has 29 heavy (non-hydrogen) atoms. The van der Waals surface area contributed by atoms with Crippen molar-refractivity contribution in [2.45, 2.75) is 51.4 Å². The summed E-state index contributed by atoms with van der Waals surface area (Å²) >= 11 is 0. The highest BCUT2D eigenvalue weighted by molar-refractivity contribution is 5.25. The van der Waals surface area contributed by atoms with Gasteiger partial charge >= 0.3 is 0 Å². The summed E-state index contributed by atoms with van der Waals surface area (Å²) < 4.78 is 2.07. The number of rotatable bonds is 7. The van der Waals surface area contributed by atoms with Crippen LogP contribution in [-0.2, 0) is 6.42 Å². The maximum atomic E-state index is 4.98. The Bertz CT molecular complexity index is 902. The SMILES string of the molecule is CC(C)c1nccn1-c1cncc([C@@H]2CCCN(CCCc3ccccc3)C2)n1. The molecule has 0 spiro atoms. The fraction of sp³-hybridized carbons (Fsp3) is 0.458. The van der Waals surface area contributed by atoms with Crippen molar-refractivity contribution in [3.8, 4) is 5.82 Å². The van der Waals surface area contributed by atoms with E-state index in [9.17, 15) is 0 Å². The number of hydrogen-bond acceptors (Lipinski definition) is 4. The molecule has 1 aliphatic heterocycles. The van der Waals surface area contributed by atoms with Crippen LogP contribution in [0, 0.1) is 0 Å². The van der Waals surface area contributed by atoms with Gasteiger partial charge in [-0.2, -0.15) is 0 Å². The van der Waals surface area contributed by atoms with Gasteiger partial charge in [0.05, 0.1) is 11.9 Å². The molecule has 0 bridgehead atoms. The van der Waals surface area contributed by atoms with Gasteiger partial charge in [0, 0.05) is 37.0 Å². The molecule has 3 heterocycles. The van der Waals surface area contributed by atoms with Crippen LogP contribution in [-0.4, -0.2) is 44.1 Å². The smallest absolute Gasteiger partial charge is 0.156 e. The Kier molecular flexibility index (Phi) is 6.35. The van der Waals surface area contributed by atoms with Crippen LogP contribution < -0.4 is 0 Å². The van der Waals surface area contributed by atoms with Gasteiger partial charge in [-0.25, -0.2) is 9.97 Å². The Morgan fingerprint density at radius 3 is 2.83 bits per heavy atom. The second-order valence-electron chi connectivity index (χ2n) is 8.34. The molecule has 0 saturated carbocycles. The first kappa shape index (κ1) is 19.8. The zero-order chi connectivity index (χ0) is 20.1. The Hall–Kier alpha value is -2.53. The lowest BCUT2D eigenvalue weighted by atomic mass is 9.94. The minimum Gasteiger partial charge on any atom is -0.303 e. The Labute approximate surface area is 173 Å². The molecule has 4 rings (SSSR count). The molecular formula is C24H31N5. The molecule has 5 heteroatoms. The summed E-state index contributed by atoms with van der Waals surface area (Å²) in [7, 11) is 0. The molecule has 1 saturated heterocycles. The number of aromatic nitrogens is 4. The average Bonchev–Trinajstić information content (AvgIpc) is 3.25. The zero-order valence-electron chi connectivity index (χ0n) is 17.5. The average molecular weight is 390 g/mol. The van der Waals surface area contributed by atoms with E-state index in [-0.39, 0.29) is 0 Å². The van der Waals surface area contributed by atoms with Gasteiger partial charge < -0.3 is 4.90 Å². The second kappa shape index (κ2) is 9.31. The zero-order valence-corrected chi connectivity index (χ0v) is 17.5. The van der Waals surface area contributed by atoms with Gasteiger partial charge in [0.2, 0.25) is 0 Å². The van der Waals surface area contributed by atoms with Crippen LogP contribution in [0.15, 0.2) is 55.1 Å². The first-order chi connectivity index (χ1) is 14.2. The number of benzene rings is 1. The lowest BCUT2D eigenvalue weighted by molar-refractivity contribution is 0.204. The van der Waals surface area contributed by atoms with Gasteiger partial charge in [0.1, 0.15) is 5.82 Å². The van der Waals surface area contributed by atoms with E-state index in [4.69, 9.17) is 4.98 Å². The van der Waals surface area contributed by atoms with Crippen molar-refractivity contribution in [1.82, 2.24) is 24.4 Å². The molecule has 152 valence electrons. The van der Waals surface area contributed by atoms with E-state index in [0.29, 0.717) is 11.8 Å². The summed E-state index contributed by atoms with van der Waals surface area (Å²) in [5, 5.41) is 0. The molecular weight excluding hydrogens is 358 g/mol. The number of hydrogen-bond donors (Lipinski definition) is 0. The maximum absolute atomic E-state index is 4.98. The Balaban J connectivity index is 1.40.